The number of hydrogen-bond acceptors (Lipinski definition) is 9. The van der Waals surface area contributed by atoms with Crippen LogP contribution in [0, 0.1) is 6.92 Å². The summed E-state index contributed by atoms with van der Waals surface area (Å²) in [5.41, 5.74) is 1.58. The molecule has 2 aromatic carbocycles. The predicted octanol–water partition coefficient (Wildman–Crippen LogP) is 6.62. The van der Waals surface area contributed by atoms with E-state index < -0.39 is 33.8 Å². The van der Waals surface area contributed by atoms with Gasteiger partial charge in [-0.05, 0) is 63.1 Å². The van der Waals surface area contributed by atoms with Crippen molar-refractivity contribution in [3.05, 3.63) is 64.2 Å². The molecule has 8 nitrogen and oxygen atoms in total. The summed E-state index contributed by atoms with van der Waals surface area (Å²) in [5, 5.41) is 0.631. The number of halogens is 3. The van der Waals surface area contributed by atoms with Gasteiger partial charge < -0.3 is 9.47 Å². The largest absolute Gasteiger partial charge is 0.479 e. The minimum atomic E-state index is -4.42. The fourth-order valence-corrected chi connectivity index (χ4v) is 8.47. The molecule has 0 N–H and O–H groups in total. The molecule has 2 heterocycles. The first-order chi connectivity index (χ1) is 21.3. The van der Waals surface area contributed by atoms with E-state index in [2.05, 4.69) is 4.90 Å². The standard InChI is InChI=1S/C31H38F3N3O5S3/c1-5-17-45(39,40)37-15-13-36(14-16-37)19-26-28(44-29(35-26)23-7-9-24(10-8-23)31(32,33)34)20-43-25-11-12-27(21(3)18-25)42-22(4)30(38)41-6-2/h7-12,18,22H,5-6,13-17,19-20H2,1-4H3. The fraction of sp³-hybridized carbons (Fsp3) is 0.484. The summed E-state index contributed by atoms with van der Waals surface area (Å²) in [5.74, 6) is 0.870. The Balaban J connectivity index is 1.50. The number of aromatic nitrogens is 1. The van der Waals surface area contributed by atoms with Gasteiger partial charge in [0.05, 0.1) is 23.6 Å². The summed E-state index contributed by atoms with van der Waals surface area (Å²) in [7, 11) is -3.27. The number of thiazole rings is 1. The monoisotopic (exact) mass is 685 g/mol. The lowest BCUT2D eigenvalue weighted by molar-refractivity contribution is -0.150. The van der Waals surface area contributed by atoms with Crippen LogP contribution in [-0.2, 0) is 38.0 Å². The number of rotatable bonds is 13. The molecule has 0 amide bonds. The molecule has 1 fully saturated rings. The highest BCUT2D eigenvalue weighted by Gasteiger charge is 2.30. The third-order valence-electron chi connectivity index (χ3n) is 7.24. The van der Waals surface area contributed by atoms with Crippen LogP contribution in [0.3, 0.4) is 0 Å². The summed E-state index contributed by atoms with van der Waals surface area (Å²) in [6.45, 7) is 9.85. The van der Waals surface area contributed by atoms with Gasteiger partial charge in [-0.3, -0.25) is 4.90 Å². The molecular formula is C31H38F3N3O5S3. The normalized spacial score (nSPS) is 15.6. The number of benzene rings is 2. The smallest absolute Gasteiger partial charge is 0.416 e. The molecular weight excluding hydrogens is 648 g/mol. The van der Waals surface area contributed by atoms with Crippen LogP contribution in [0.5, 0.6) is 5.75 Å². The van der Waals surface area contributed by atoms with E-state index in [9.17, 15) is 26.4 Å². The maximum Gasteiger partial charge on any atom is 0.416 e. The van der Waals surface area contributed by atoms with E-state index in [0.717, 1.165) is 33.2 Å². The van der Waals surface area contributed by atoms with Crippen LogP contribution in [0.4, 0.5) is 13.2 Å². The Morgan fingerprint density at radius 2 is 1.78 bits per heavy atom. The van der Waals surface area contributed by atoms with E-state index in [4.69, 9.17) is 14.5 Å². The van der Waals surface area contributed by atoms with E-state index in [1.54, 1.807) is 29.9 Å². The number of thioether (sulfide) groups is 1. The van der Waals surface area contributed by atoms with Crippen LogP contribution in [0.1, 0.15) is 48.9 Å². The summed E-state index contributed by atoms with van der Waals surface area (Å²) in [6.07, 6.45) is -4.59. The summed E-state index contributed by atoms with van der Waals surface area (Å²) < 4.78 is 76.8. The number of hydrogen-bond donors (Lipinski definition) is 0. The average Bonchev–Trinajstić information content (AvgIpc) is 3.39. The number of carbonyl (C=O) groups is 1. The molecule has 0 spiro atoms. The number of aryl methyl sites for hydroxylation is 1. The van der Waals surface area contributed by atoms with Gasteiger partial charge in [-0.25, -0.2) is 18.2 Å². The van der Waals surface area contributed by atoms with Gasteiger partial charge in [0, 0.05) is 53.8 Å². The molecule has 0 bridgehead atoms. The second-order valence-electron chi connectivity index (χ2n) is 10.7. The maximum atomic E-state index is 13.1. The number of nitrogens with zero attached hydrogens (tertiary/aromatic N) is 3. The molecule has 1 atom stereocenters. The van der Waals surface area contributed by atoms with Crippen molar-refractivity contribution in [2.45, 2.75) is 63.6 Å². The second kappa shape index (κ2) is 15.3. The van der Waals surface area contributed by atoms with E-state index in [1.165, 1.54) is 23.5 Å². The quantitative estimate of drug-likeness (QED) is 0.147. The molecule has 1 aliphatic rings. The lowest BCUT2D eigenvalue weighted by Crippen LogP contribution is -2.48. The molecule has 0 saturated carbocycles. The zero-order valence-corrected chi connectivity index (χ0v) is 28.2. The number of ether oxygens (including phenoxy) is 2. The Hall–Kier alpha value is -2.65. The molecule has 0 aliphatic carbocycles. The maximum absolute atomic E-state index is 13.1. The van der Waals surface area contributed by atoms with Crippen molar-refractivity contribution in [1.82, 2.24) is 14.2 Å². The van der Waals surface area contributed by atoms with Crippen molar-refractivity contribution in [2.24, 2.45) is 0 Å². The molecule has 1 aliphatic heterocycles. The Kier molecular flexibility index (Phi) is 12.0. The number of piperazine rings is 1. The lowest BCUT2D eigenvalue weighted by Gasteiger charge is -2.33. The van der Waals surface area contributed by atoms with Gasteiger partial charge in [0.25, 0.3) is 0 Å². The van der Waals surface area contributed by atoms with Crippen LogP contribution in [0.15, 0.2) is 47.4 Å². The van der Waals surface area contributed by atoms with E-state index in [1.807, 2.05) is 32.0 Å². The Bertz CT molecular complexity index is 1550. The summed E-state index contributed by atoms with van der Waals surface area (Å²) >= 11 is 3.04. The molecule has 45 heavy (non-hydrogen) atoms. The summed E-state index contributed by atoms with van der Waals surface area (Å²) in [6, 6.07) is 10.7. The van der Waals surface area contributed by atoms with Gasteiger partial charge in [0.1, 0.15) is 10.8 Å². The van der Waals surface area contributed by atoms with Gasteiger partial charge in [-0.15, -0.1) is 23.1 Å². The van der Waals surface area contributed by atoms with Crippen LogP contribution in [0.2, 0.25) is 0 Å². The van der Waals surface area contributed by atoms with Crippen LogP contribution < -0.4 is 4.74 Å². The highest BCUT2D eigenvalue weighted by molar-refractivity contribution is 7.98. The number of carbonyl (C=O) groups excluding carboxylic acids is 1. The first kappa shape index (κ1) is 35.2. The van der Waals surface area contributed by atoms with Gasteiger partial charge >= 0.3 is 12.1 Å². The molecule has 0 radical (unpaired) electrons. The zero-order valence-electron chi connectivity index (χ0n) is 25.7. The van der Waals surface area contributed by atoms with Gasteiger partial charge in [0.2, 0.25) is 10.0 Å². The Labute approximate surface area is 271 Å². The highest BCUT2D eigenvalue weighted by atomic mass is 32.2. The minimum Gasteiger partial charge on any atom is -0.479 e. The highest BCUT2D eigenvalue weighted by Crippen LogP contribution is 2.36. The summed E-state index contributed by atoms with van der Waals surface area (Å²) in [4.78, 5) is 21.0. The van der Waals surface area contributed by atoms with Crippen molar-refractivity contribution in [3.8, 4) is 16.3 Å². The Morgan fingerprint density at radius 3 is 2.38 bits per heavy atom. The van der Waals surface area contributed by atoms with Crippen molar-refractivity contribution < 1.29 is 35.9 Å². The molecule has 4 rings (SSSR count). The van der Waals surface area contributed by atoms with E-state index in [0.29, 0.717) is 61.2 Å². The van der Waals surface area contributed by atoms with Crippen LogP contribution in [0.25, 0.3) is 10.6 Å². The topological polar surface area (TPSA) is 89.0 Å². The van der Waals surface area contributed by atoms with Crippen molar-refractivity contribution >= 4 is 39.1 Å². The number of esters is 1. The van der Waals surface area contributed by atoms with Gasteiger partial charge in [-0.1, -0.05) is 19.1 Å². The van der Waals surface area contributed by atoms with Crippen LogP contribution in [-0.4, -0.2) is 73.2 Å². The molecule has 1 unspecified atom stereocenters. The fourth-order valence-electron chi connectivity index (χ4n) is 4.80. The zero-order chi connectivity index (χ0) is 32.8. The predicted molar refractivity (Wildman–Crippen MR) is 171 cm³/mol. The Morgan fingerprint density at radius 1 is 1.09 bits per heavy atom. The molecule has 246 valence electrons. The average molecular weight is 686 g/mol. The second-order valence-corrected chi connectivity index (χ2v) is 14.9. The molecule has 3 aromatic rings. The van der Waals surface area contributed by atoms with Gasteiger partial charge in [-0.2, -0.15) is 17.5 Å². The lowest BCUT2D eigenvalue weighted by atomic mass is 10.1. The number of sulfonamides is 1. The molecule has 1 saturated heterocycles. The van der Waals surface area contributed by atoms with Gasteiger partial charge in [0.15, 0.2) is 6.10 Å². The van der Waals surface area contributed by atoms with E-state index in [-0.39, 0.29) is 12.4 Å². The van der Waals surface area contributed by atoms with Crippen LogP contribution >= 0.6 is 23.1 Å². The minimum absolute atomic E-state index is 0.133. The van der Waals surface area contributed by atoms with Crippen molar-refractivity contribution in [3.63, 3.8) is 0 Å². The van der Waals surface area contributed by atoms with Crippen molar-refractivity contribution in [2.75, 3.05) is 38.5 Å². The number of alkyl halides is 3. The van der Waals surface area contributed by atoms with E-state index >= 15 is 0 Å². The first-order valence-corrected chi connectivity index (χ1v) is 18.1. The first-order valence-electron chi connectivity index (χ1n) is 14.7. The molecule has 1 aromatic heterocycles. The SMILES string of the molecule is CCCS(=O)(=O)N1CCN(Cc2nc(-c3ccc(C(F)(F)F)cc3)sc2CSc2ccc(OC(C)C(=O)OCC)c(C)c2)CC1. The molecule has 14 heteroatoms. The van der Waals surface area contributed by atoms with Crippen molar-refractivity contribution in [1.29, 1.82) is 0 Å². The third kappa shape index (κ3) is 9.44. The third-order valence-corrected chi connectivity index (χ3v) is 11.7.